The number of carboxylic acid groups (broad SMARTS) is 1. The number of carbonyl (C=O) groups excluding carboxylic acids is 1. The van der Waals surface area contributed by atoms with Crippen LogP contribution in [0.1, 0.15) is 18.9 Å². The van der Waals surface area contributed by atoms with E-state index in [1.807, 2.05) is 31.2 Å². The second-order valence-corrected chi connectivity index (χ2v) is 5.31. The van der Waals surface area contributed by atoms with Crippen molar-refractivity contribution < 1.29 is 19.1 Å². The first-order chi connectivity index (χ1) is 9.49. The lowest BCUT2D eigenvalue weighted by atomic mass is 9.96. The molecule has 0 bridgehead atoms. The minimum atomic E-state index is -1.48. The molecule has 0 aliphatic heterocycles. The van der Waals surface area contributed by atoms with E-state index in [-0.39, 0.29) is 5.92 Å². The molecule has 1 amide bonds. The number of aliphatic carboxylic acids is 1. The number of alkyl halides is 1. The SMILES string of the molecule is CCC(Cc1ccccc1Br)C(=O)NC(CF)C(=O)O. The number of rotatable bonds is 7. The fourth-order valence-electron chi connectivity index (χ4n) is 1.81. The Bertz CT molecular complexity index is 481. The zero-order chi connectivity index (χ0) is 15.1. The predicted octanol–water partition coefficient (Wildman–Crippen LogP) is 2.56. The fourth-order valence-corrected chi connectivity index (χ4v) is 2.25. The third kappa shape index (κ3) is 4.59. The third-order valence-electron chi connectivity index (χ3n) is 3.06. The van der Waals surface area contributed by atoms with E-state index < -0.39 is 24.6 Å². The number of amides is 1. The Kier molecular flexibility index (Phi) is 6.64. The first-order valence-corrected chi connectivity index (χ1v) is 7.11. The van der Waals surface area contributed by atoms with Gasteiger partial charge in [0, 0.05) is 10.4 Å². The standard InChI is InChI=1S/C14H17BrFNO3/c1-2-9(7-10-5-3-4-6-11(10)15)13(18)17-12(8-16)14(19)20/h3-6,9,12H,2,7-8H2,1H3,(H,17,18)(H,19,20). The van der Waals surface area contributed by atoms with Gasteiger partial charge in [-0.25, -0.2) is 9.18 Å². The van der Waals surface area contributed by atoms with Crippen molar-refractivity contribution in [3.8, 4) is 0 Å². The van der Waals surface area contributed by atoms with Gasteiger partial charge in [0.25, 0.3) is 0 Å². The summed E-state index contributed by atoms with van der Waals surface area (Å²) in [7, 11) is 0. The Morgan fingerprint density at radius 1 is 1.40 bits per heavy atom. The molecule has 0 fully saturated rings. The van der Waals surface area contributed by atoms with E-state index in [1.54, 1.807) is 0 Å². The monoisotopic (exact) mass is 345 g/mol. The molecule has 0 saturated carbocycles. The summed E-state index contributed by atoms with van der Waals surface area (Å²) in [5, 5.41) is 11.0. The van der Waals surface area contributed by atoms with Crippen molar-refractivity contribution in [2.24, 2.45) is 5.92 Å². The molecule has 2 N–H and O–H groups in total. The zero-order valence-corrected chi connectivity index (χ0v) is 12.7. The number of hydrogen-bond acceptors (Lipinski definition) is 2. The molecule has 110 valence electrons. The molecule has 0 saturated heterocycles. The third-order valence-corrected chi connectivity index (χ3v) is 3.83. The Morgan fingerprint density at radius 3 is 2.55 bits per heavy atom. The maximum Gasteiger partial charge on any atom is 0.328 e. The second kappa shape index (κ2) is 7.99. The van der Waals surface area contributed by atoms with Crippen molar-refractivity contribution >= 4 is 27.8 Å². The molecule has 0 heterocycles. The van der Waals surface area contributed by atoms with Crippen molar-refractivity contribution in [2.75, 3.05) is 6.67 Å². The number of hydrogen-bond donors (Lipinski definition) is 2. The van der Waals surface area contributed by atoms with Crippen LogP contribution in [0.15, 0.2) is 28.7 Å². The topological polar surface area (TPSA) is 66.4 Å². The normalized spacial score (nSPS) is 13.6. The number of carboxylic acids is 1. The van der Waals surface area contributed by atoms with Gasteiger partial charge in [-0.05, 0) is 24.5 Å². The molecule has 0 spiro atoms. The van der Waals surface area contributed by atoms with E-state index in [1.165, 1.54) is 0 Å². The van der Waals surface area contributed by atoms with E-state index in [0.29, 0.717) is 12.8 Å². The molecule has 0 radical (unpaired) electrons. The molecular weight excluding hydrogens is 329 g/mol. The molecule has 4 nitrogen and oxygen atoms in total. The van der Waals surface area contributed by atoms with Crippen LogP contribution in [0.2, 0.25) is 0 Å². The first-order valence-electron chi connectivity index (χ1n) is 6.32. The average molecular weight is 346 g/mol. The summed E-state index contributed by atoms with van der Waals surface area (Å²) in [6.07, 6.45) is 1.02. The molecule has 2 atom stereocenters. The molecule has 0 aliphatic carbocycles. The Balaban J connectivity index is 2.73. The largest absolute Gasteiger partial charge is 0.480 e. The molecule has 2 unspecified atom stereocenters. The average Bonchev–Trinajstić information content (AvgIpc) is 2.43. The van der Waals surface area contributed by atoms with Gasteiger partial charge in [-0.3, -0.25) is 4.79 Å². The summed E-state index contributed by atoms with van der Waals surface area (Å²) < 4.78 is 13.4. The van der Waals surface area contributed by atoms with Gasteiger partial charge in [0.1, 0.15) is 6.67 Å². The smallest absolute Gasteiger partial charge is 0.328 e. The summed E-state index contributed by atoms with van der Waals surface area (Å²) in [5.41, 5.74) is 0.960. The van der Waals surface area contributed by atoms with Crippen LogP contribution in [0.5, 0.6) is 0 Å². The lowest BCUT2D eigenvalue weighted by Gasteiger charge is -2.18. The van der Waals surface area contributed by atoms with Gasteiger partial charge in [0.2, 0.25) is 5.91 Å². The van der Waals surface area contributed by atoms with Crippen LogP contribution in [0, 0.1) is 5.92 Å². The minimum Gasteiger partial charge on any atom is -0.480 e. The maximum atomic E-state index is 12.5. The van der Waals surface area contributed by atoms with Gasteiger partial charge in [-0.2, -0.15) is 0 Å². The Hall–Kier alpha value is -1.43. The van der Waals surface area contributed by atoms with Gasteiger partial charge < -0.3 is 10.4 Å². The Labute approximate surface area is 125 Å². The highest BCUT2D eigenvalue weighted by atomic mass is 79.9. The summed E-state index contributed by atoms with van der Waals surface area (Å²) in [6, 6.07) is 6.03. The second-order valence-electron chi connectivity index (χ2n) is 4.45. The van der Waals surface area contributed by atoms with Gasteiger partial charge in [0.15, 0.2) is 6.04 Å². The fraction of sp³-hybridized carbons (Fsp3) is 0.429. The van der Waals surface area contributed by atoms with Crippen molar-refractivity contribution in [3.05, 3.63) is 34.3 Å². The molecule has 1 aromatic rings. The van der Waals surface area contributed by atoms with Gasteiger partial charge in [-0.15, -0.1) is 0 Å². The van der Waals surface area contributed by atoms with Crippen molar-refractivity contribution in [3.63, 3.8) is 0 Å². The molecule has 6 heteroatoms. The minimum absolute atomic E-state index is 0.387. The lowest BCUT2D eigenvalue weighted by molar-refractivity contribution is -0.142. The summed E-state index contributed by atoms with van der Waals surface area (Å²) in [4.78, 5) is 22.7. The van der Waals surface area contributed by atoms with Crippen molar-refractivity contribution in [2.45, 2.75) is 25.8 Å². The van der Waals surface area contributed by atoms with Crippen LogP contribution in [0.3, 0.4) is 0 Å². The molecule has 1 rings (SSSR count). The zero-order valence-electron chi connectivity index (χ0n) is 11.1. The lowest BCUT2D eigenvalue weighted by Crippen LogP contribution is -2.45. The van der Waals surface area contributed by atoms with Crippen LogP contribution in [-0.4, -0.2) is 29.7 Å². The molecule has 0 aliphatic rings. The summed E-state index contributed by atoms with van der Waals surface area (Å²) >= 11 is 3.41. The molecule has 0 aromatic heterocycles. The summed E-state index contributed by atoms with van der Waals surface area (Å²) in [5.74, 6) is -2.19. The number of nitrogens with one attached hydrogen (secondary N) is 1. The van der Waals surface area contributed by atoms with Crippen molar-refractivity contribution in [1.29, 1.82) is 0 Å². The molecule has 1 aromatic carbocycles. The highest BCUT2D eigenvalue weighted by Crippen LogP contribution is 2.21. The van der Waals surface area contributed by atoms with Crippen molar-refractivity contribution in [1.82, 2.24) is 5.32 Å². The van der Waals surface area contributed by atoms with E-state index in [2.05, 4.69) is 21.2 Å². The Morgan fingerprint density at radius 2 is 2.05 bits per heavy atom. The van der Waals surface area contributed by atoms with E-state index in [9.17, 15) is 14.0 Å². The van der Waals surface area contributed by atoms with Crippen LogP contribution in [-0.2, 0) is 16.0 Å². The molecule has 20 heavy (non-hydrogen) atoms. The predicted molar refractivity (Wildman–Crippen MR) is 77.2 cm³/mol. The summed E-state index contributed by atoms with van der Waals surface area (Å²) in [6.45, 7) is 0.721. The van der Waals surface area contributed by atoms with Gasteiger partial charge >= 0.3 is 5.97 Å². The number of carbonyl (C=O) groups is 2. The van der Waals surface area contributed by atoms with E-state index in [0.717, 1.165) is 10.0 Å². The van der Waals surface area contributed by atoms with E-state index in [4.69, 9.17) is 5.11 Å². The quantitative estimate of drug-likeness (QED) is 0.798. The van der Waals surface area contributed by atoms with Gasteiger partial charge in [0.05, 0.1) is 0 Å². The number of benzene rings is 1. The first kappa shape index (κ1) is 16.6. The van der Waals surface area contributed by atoms with Crippen LogP contribution < -0.4 is 5.32 Å². The number of halogens is 2. The van der Waals surface area contributed by atoms with Crippen LogP contribution in [0.4, 0.5) is 4.39 Å². The highest BCUT2D eigenvalue weighted by Gasteiger charge is 2.24. The van der Waals surface area contributed by atoms with E-state index >= 15 is 0 Å². The van der Waals surface area contributed by atoms with Gasteiger partial charge in [-0.1, -0.05) is 41.1 Å². The molecular formula is C14H17BrFNO3. The highest BCUT2D eigenvalue weighted by molar-refractivity contribution is 9.10. The van der Waals surface area contributed by atoms with Crippen LogP contribution in [0.25, 0.3) is 0 Å². The van der Waals surface area contributed by atoms with Crippen LogP contribution >= 0.6 is 15.9 Å². The maximum absolute atomic E-state index is 12.5.